The first-order chi connectivity index (χ1) is 27.4. The molecule has 0 rings (SSSR count). The van der Waals surface area contributed by atoms with E-state index in [9.17, 15) is 4.79 Å². The molecule has 0 aliphatic rings. The molecule has 0 saturated heterocycles. The molecule has 0 spiro atoms. The highest BCUT2D eigenvalue weighted by Gasteiger charge is 2.19. The Kier molecular flexibility index (Phi) is 43.8. The highest BCUT2D eigenvalue weighted by atomic mass is 16.6. The number of unbranched alkanes of at least 4 members (excludes halogenated alkanes) is 5. The monoisotopic (exact) mass is 816 g/mol. The second-order valence-electron chi connectivity index (χ2n) is 13.6. The van der Waals surface area contributed by atoms with Crippen molar-refractivity contribution >= 4 is 6.09 Å². The lowest BCUT2D eigenvalue weighted by Gasteiger charge is -2.24. The molecule has 0 aromatic rings. The lowest BCUT2D eigenvalue weighted by Crippen LogP contribution is -2.36. The van der Waals surface area contributed by atoms with Gasteiger partial charge >= 0.3 is 6.09 Å². The van der Waals surface area contributed by atoms with E-state index in [1.54, 1.807) is 7.05 Å². The third kappa shape index (κ3) is 47.1. The van der Waals surface area contributed by atoms with Gasteiger partial charge in [0, 0.05) is 20.2 Å². The summed E-state index contributed by atoms with van der Waals surface area (Å²) in [6.45, 7) is 21.7. The molecule has 0 unspecified atom stereocenters. The molecule has 16 nitrogen and oxygen atoms in total. The summed E-state index contributed by atoms with van der Waals surface area (Å²) in [7, 11) is 1.68. The Morgan fingerprint density at radius 1 is 0.357 bits per heavy atom. The van der Waals surface area contributed by atoms with Crippen molar-refractivity contribution in [2.75, 3.05) is 185 Å². The quantitative estimate of drug-likeness (QED) is 0.0798. The molecule has 0 aromatic carbocycles. The van der Waals surface area contributed by atoms with Crippen molar-refractivity contribution in [3.63, 3.8) is 0 Å². The van der Waals surface area contributed by atoms with E-state index >= 15 is 0 Å². The Bertz CT molecular complexity index is 779. The minimum Gasteiger partial charge on any atom is -0.444 e. The molecule has 0 fully saturated rings. The van der Waals surface area contributed by atoms with Crippen LogP contribution in [0.3, 0.4) is 0 Å². The van der Waals surface area contributed by atoms with E-state index in [4.69, 9.17) is 66.3 Å². The van der Waals surface area contributed by atoms with E-state index in [0.717, 1.165) is 13.0 Å². The van der Waals surface area contributed by atoms with Crippen LogP contribution in [0, 0.1) is 0 Å². The molecule has 16 heteroatoms. The van der Waals surface area contributed by atoms with Crippen molar-refractivity contribution in [3.8, 4) is 0 Å². The Labute approximate surface area is 338 Å². The van der Waals surface area contributed by atoms with Crippen LogP contribution in [0.25, 0.3) is 0 Å². The third-order valence-corrected chi connectivity index (χ3v) is 7.38. The van der Waals surface area contributed by atoms with Crippen molar-refractivity contribution in [1.29, 1.82) is 0 Å². The van der Waals surface area contributed by atoms with Crippen LogP contribution in [0.5, 0.6) is 0 Å². The van der Waals surface area contributed by atoms with Gasteiger partial charge < -0.3 is 71.2 Å². The summed E-state index contributed by atoms with van der Waals surface area (Å²) in [5, 5.41) is 0. The van der Waals surface area contributed by atoms with Gasteiger partial charge in [0.15, 0.2) is 0 Å². The highest BCUT2D eigenvalue weighted by molar-refractivity contribution is 5.67. The van der Waals surface area contributed by atoms with Gasteiger partial charge in [-0.25, -0.2) is 4.79 Å². The number of carbonyl (C=O) groups is 1. The van der Waals surface area contributed by atoms with Gasteiger partial charge in [-0.05, 0) is 27.2 Å². The molecule has 0 aliphatic heterocycles. The van der Waals surface area contributed by atoms with Gasteiger partial charge in [-0.1, -0.05) is 39.0 Å². The number of ether oxygens (including phenoxy) is 14. The summed E-state index contributed by atoms with van der Waals surface area (Å²) in [6, 6.07) is 0. The molecule has 0 atom stereocenters. The number of carbonyl (C=O) groups excluding carboxylic acids is 1. The Morgan fingerprint density at radius 3 is 0.857 bits per heavy atom. The van der Waals surface area contributed by atoms with Crippen LogP contribution in [0.15, 0.2) is 0 Å². The zero-order valence-corrected chi connectivity index (χ0v) is 35.9. The summed E-state index contributed by atoms with van der Waals surface area (Å²) >= 11 is 0. The molecule has 0 bridgehead atoms. The van der Waals surface area contributed by atoms with Crippen molar-refractivity contribution in [3.05, 3.63) is 0 Å². The lowest BCUT2D eigenvalue weighted by molar-refractivity contribution is -0.0291. The maximum Gasteiger partial charge on any atom is 0.410 e. The molecule has 0 saturated carbocycles. The lowest BCUT2D eigenvalue weighted by atomic mass is 10.1. The van der Waals surface area contributed by atoms with Gasteiger partial charge in [0.2, 0.25) is 0 Å². The van der Waals surface area contributed by atoms with E-state index in [2.05, 4.69) is 6.92 Å². The van der Waals surface area contributed by atoms with Crippen LogP contribution in [0.2, 0.25) is 0 Å². The first kappa shape index (κ1) is 54.8. The largest absolute Gasteiger partial charge is 0.444 e. The van der Waals surface area contributed by atoms with E-state index in [0.29, 0.717) is 172 Å². The second kappa shape index (κ2) is 44.8. The van der Waals surface area contributed by atoms with Crippen LogP contribution in [0.4, 0.5) is 4.79 Å². The second-order valence-corrected chi connectivity index (χ2v) is 13.6. The summed E-state index contributed by atoms with van der Waals surface area (Å²) in [5.74, 6) is 0. The predicted molar refractivity (Wildman–Crippen MR) is 213 cm³/mol. The third-order valence-electron chi connectivity index (χ3n) is 7.38. The van der Waals surface area contributed by atoms with Gasteiger partial charge in [0.05, 0.1) is 165 Å². The average Bonchev–Trinajstić information content (AvgIpc) is 3.17. The number of hydrogen-bond donors (Lipinski definition) is 0. The highest BCUT2D eigenvalue weighted by Crippen LogP contribution is 2.09. The van der Waals surface area contributed by atoms with Gasteiger partial charge in [0.25, 0.3) is 0 Å². The number of hydrogen-bond acceptors (Lipinski definition) is 15. The van der Waals surface area contributed by atoms with Crippen molar-refractivity contribution < 1.29 is 71.1 Å². The Balaban J connectivity index is 3.12. The molecule has 56 heavy (non-hydrogen) atoms. The van der Waals surface area contributed by atoms with E-state index in [-0.39, 0.29) is 6.09 Å². The molecular weight excluding hydrogens is 734 g/mol. The normalized spacial score (nSPS) is 11.8. The molecule has 0 aromatic heterocycles. The smallest absolute Gasteiger partial charge is 0.410 e. The fraction of sp³-hybridized carbons (Fsp3) is 0.975. The predicted octanol–water partition coefficient (Wildman–Crippen LogP) is 4.43. The molecule has 336 valence electrons. The minimum absolute atomic E-state index is 0.365. The topological polar surface area (TPSA) is 150 Å². The molecule has 0 N–H and O–H groups in total. The van der Waals surface area contributed by atoms with E-state index < -0.39 is 5.60 Å². The minimum atomic E-state index is -0.512. The summed E-state index contributed by atoms with van der Waals surface area (Å²) < 4.78 is 76.9. The first-order valence-corrected chi connectivity index (χ1v) is 20.8. The molecule has 0 radical (unpaired) electrons. The van der Waals surface area contributed by atoms with Gasteiger partial charge in [-0.2, -0.15) is 0 Å². The van der Waals surface area contributed by atoms with Crippen LogP contribution >= 0.6 is 0 Å². The van der Waals surface area contributed by atoms with Crippen molar-refractivity contribution in [1.82, 2.24) is 4.90 Å². The van der Waals surface area contributed by atoms with Crippen LogP contribution in [-0.4, -0.2) is 202 Å². The van der Waals surface area contributed by atoms with Crippen molar-refractivity contribution in [2.45, 2.75) is 71.8 Å². The summed E-state index contributed by atoms with van der Waals surface area (Å²) in [6.07, 6.45) is 7.29. The molecular formula is C40H81NO15. The zero-order chi connectivity index (χ0) is 40.9. The zero-order valence-electron chi connectivity index (χ0n) is 35.9. The van der Waals surface area contributed by atoms with Gasteiger partial charge in [-0.3, -0.25) is 0 Å². The number of rotatable bonds is 46. The van der Waals surface area contributed by atoms with E-state index in [1.807, 2.05) is 20.8 Å². The van der Waals surface area contributed by atoms with Gasteiger partial charge in [-0.15, -0.1) is 0 Å². The number of amides is 1. The maximum atomic E-state index is 11.9. The van der Waals surface area contributed by atoms with Crippen LogP contribution in [0.1, 0.15) is 66.2 Å². The molecule has 1 amide bonds. The van der Waals surface area contributed by atoms with Crippen molar-refractivity contribution in [2.24, 2.45) is 0 Å². The molecule has 0 aliphatic carbocycles. The number of likely N-dealkylation sites (N-methyl/N-ethyl adjacent to an activating group) is 1. The average molecular weight is 816 g/mol. The SMILES string of the molecule is CCCCCCCCOCCOCCOCCOCCOCCOCCOCCOCCOCCOCCOCCOCCOCCN(C)C(=O)OC(C)(C)C. The standard InChI is InChI=1S/C40H81NO15/c1-6-7-8-9-10-11-13-43-15-17-45-19-21-47-23-25-49-27-29-51-31-33-53-35-37-55-38-36-54-34-32-52-30-28-50-26-24-48-22-20-46-18-16-44-14-12-41(5)39(42)56-40(2,3)4/h6-38H2,1-5H3. The molecule has 0 heterocycles. The first-order valence-electron chi connectivity index (χ1n) is 20.8. The Morgan fingerprint density at radius 2 is 0.589 bits per heavy atom. The fourth-order valence-electron chi connectivity index (χ4n) is 4.36. The number of nitrogens with zero attached hydrogens (tertiary/aromatic N) is 1. The summed E-state index contributed by atoms with van der Waals surface area (Å²) in [5.41, 5.74) is -0.512. The van der Waals surface area contributed by atoms with Gasteiger partial charge in [0.1, 0.15) is 5.60 Å². The maximum absolute atomic E-state index is 11.9. The van der Waals surface area contributed by atoms with Crippen LogP contribution < -0.4 is 0 Å². The fourth-order valence-corrected chi connectivity index (χ4v) is 4.36. The Hall–Kier alpha value is -1.25. The summed E-state index contributed by atoms with van der Waals surface area (Å²) in [4.78, 5) is 13.4. The van der Waals surface area contributed by atoms with E-state index in [1.165, 1.54) is 37.0 Å². The van der Waals surface area contributed by atoms with Crippen LogP contribution in [-0.2, 0) is 66.3 Å².